The molecule has 0 bridgehead atoms. The van der Waals surface area contributed by atoms with Crippen molar-refractivity contribution in [2.45, 2.75) is 50.2 Å². The van der Waals surface area contributed by atoms with Gasteiger partial charge in [-0.05, 0) is 18.9 Å². The van der Waals surface area contributed by atoms with Gasteiger partial charge >= 0.3 is 0 Å². The molecule has 1 aromatic carbocycles. The van der Waals surface area contributed by atoms with Gasteiger partial charge in [0.1, 0.15) is 11.9 Å². The topological polar surface area (TPSA) is 29.5 Å². The molecule has 0 heterocycles. The molecule has 0 amide bonds. The lowest BCUT2D eigenvalue weighted by Gasteiger charge is -2.36. The average molecular weight is 252 g/mol. The quantitative estimate of drug-likeness (QED) is 0.833. The molecule has 2 nitrogen and oxygen atoms in total. The first kappa shape index (κ1) is 13.5. The summed E-state index contributed by atoms with van der Waals surface area (Å²) in [6.07, 6.45) is 5.07. The zero-order valence-corrected chi connectivity index (χ0v) is 10.9. The normalized spacial score (nSPS) is 21.3. The molecule has 0 spiro atoms. The van der Waals surface area contributed by atoms with E-state index < -0.39 is 11.7 Å². The highest BCUT2D eigenvalue weighted by Gasteiger charge is 2.40. The molecule has 1 aliphatic carbocycles. The third-order valence-electron chi connectivity index (χ3n) is 4.05. The second-order valence-electron chi connectivity index (χ2n) is 5.11. The van der Waals surface area contributed by atoms with Gasteiger partial charge in [0.15, 0.2) is 0 Å². The fraction of sp³-hybridized carbons (Fsp3) is 0.600. The van der Waals surface area contributed by atoms with Crippen LogP contribution in [-0.4, -0.2) is 17.8 Å². The molecule has 1 atom stereocenters. The molecule has 1 N–H and O–H groups in total. The monoisotopic (exact) mass is 252 g/mol. The van der Waals surface area contributed by atoms with Gasteiger partial charge in [-0.25, -0.2) is 4.39 Å². The fourth-order valence-corrected chi connectivity index (χ4v) is 2.90. The van der Waals surface area contributed by atoms with Crippen LogP contribution in [0.1, 0.15) is 50.2 Å². The zero-order valence-electron chi connectivity index (χ0n) is 10.9. The number of halogens is 1. The molecule has 3 heteroatoms. The van der Waals surface area contributed by atoms with E-state index in [1.807, 2.05) is 0 Å². The van der Waals surface area contributed by atoms with E-state index in [-0.39, 0.29) is 5.82 Å². The van der Waals surface area contributed by atoms with Crippen molar-refractivity contribution in [1.82, 2.24) is 0 Å². The predicted octanol–water partition coefficient (Wildman–Crippen LogP) is 3.60. The van der Waals surface area contributed by atoms with Crippen LogP contribution in [0.4, 0.5) is 4.39 Å². The van der Waals surface area contributed by atoms with Crippen LogP contribution < -0.4 is 0 Å². The van der Waals surface area contributed by atoms with Gasteiger partial charge in [0.25, 0.3) is 0 Å². The van der Waals surface area contributed by atoms with Crippen LogP contribution in [0.2, 0.25) is 0 Å². The number of aliphatic hydroxyl groups is 1. The first-order chi connectivity index (χ1) is 8.69. The summed E-state index contributed by atoms with van der Waals surface area (Å²) in [7, 11) is 1.62. The van der Waals surface area contributed by atoms with Gasteiger partial charge in [0, 0.05) is 12.7 Å². The van der Waals surface area contributed by atoms with Crippen LogP contribution in [0.25, 0.3) is 0 Å². The van der Waals surface area contributed by atoms with Crippen LogP contribution in [-0.2, 0) is 4.74 Å². The maximum atomic E-state index is 13.8. The summed E-state index contributed by atoms with van der Waals surface area (Å²) in [6, 6.07) is 6.42. The van der Waals surface area contributed by atoms with E-state index in [9.17, 15) is 9.50 Å². The Labute approximate surface area is 108 Å². The Morgan fingerprint density at radius 3 is 2.33 bits per heavy atom. The van der Waals surface area contributed by atoms with Gasteiger partial charge in [-0.1, -0.05) is 43.9 Å². The molecular formula is C15H21FO2. The van der Waals surface area contributed by atoms with Gasteiger partial charge in [-0.3, -0.25) is 0 Å². The van der Waals surface area contributed by atoms with Crippen LogP contribution >= 0.6 is 0 Å². The summed E-state index contributed by atoms with van der Waals surface area (Å²) in [5.41, 5.74) is -0.278. The van der Waals surface area contributed by atoms with Crippen molar-refractivity contribution < 1.29 is 14.2 Å². The lowest BCUT2D eigenvalue weighted by molar-refractivity contribution is -0.115. The number of ether oxygens (including phenoxy) is 1. The third kappa shape index (κ3) is 2.57. The smallest absolute Gasteiger partial charge is 0.129 e. The summed E-state index contributed by atoms with van der Waals surface area (Å²) in [4.78, 5) is 0. The van der Waals surface area contributed by atoms with Gasteiger partial charge in [0.05, 0.1) is 5.60 Å². The van der Waals surface area contributed by atoms with E-state index in [4.69, 9.17) is 4.74 Å². The number of benzene rings is 1. The average Bonchev–Trinajstić information content (AvgIpc) is 2.65. The predicted molar refractivity (Wildman–Crippen MR) is 68.8 cm³/mol. The Hall–Kier alpha value is -0.930. The molecule has 2 rings (SSSR count). The molecule has 1 fully saturated rings. The molecule has 1 saturated carbocycles. The third-order valence-corrected chi connectivity index (χ3v) is 4.05. The lowest BCUT2D eigenvalue weighted by atomic mass is 9.84. The van der Waals surface area contributed by atoms with Crippen LogP contribution in [0, 0.1) is 5.82 Å². The van der Waals surface area contributed by atoms with Gasteiger partial charge in [0.2, 0.25) is 0 Å². The van der Waals surface area contributed by atoms with Crippen LogP contribution in [0.15, 0.2) is 24.3 Å². The van der Waals surface area contributed by atoms with Crippen LogP contribution in [0.5, 0.6) is 0 Å². The van der Waals surface area contributed by atoms with E-state index in [1.54, 1.807) is 25.3 Å². The summed E-state index contributed by atoms with van der Waals surface area (Å²) in [6.45, 7) is 0. The molecule has 0 radical (unpaired) electrons. The van der Waals surface area contributed by atoms with Gasteiger partial charge in [-0.15, -0.1) is 0 Å². The van der Waals surface area contributed by atoms with Crippen molar-refractivity contribution in [3.05, 3.63) is 35.6 Å². The SMILES string of the molecule is COC1(C(O)c2ccccc2F)CCCCCC1. The Bertz CT molecular complexity index is 384. The molecule has 0 aromatic heterocycles. The number of methoxy groups -OCH3 is 1. The largest absolute Gasteiger partial charge is 0.385 e. The van der Waals surface area contributed by atoms with E-state index in [1.165, 1.54) is 6.07 Å². The summed E-state index contributed by atoms with van der Waals surface area (Å²) in [5.74, 6) is -0.356. The van der Waals surface area contributed by atoms with Crippen molar-refractivity contribution in [2.24, 2.45) is 0 Å². The second-order valence-corrected chi connectivity index (χ2v) is 5.11. The maximum absolute atomic E-state index is 13.8. The number of rotatable bonds is 3. The van der Waals surface area contributed by atoms with Crippen molar-refractivity contribution in [2.75, 3.05) is 7.11 Å². The van der Waals surface area contributed by atoms with E-state index in [0.29, 0.717) is 5.56 Å². The Kier molecular flexibility index (Phi) is 4.36. The Morgan fingerprint density at radius 1 is 1.17 bits per heavy atom. The summed E-state index contributed by atoms with van der Waals surface area (Å²) < 4.78 is 19.4. The highest BCUT2D eigenvalue weighted by molar-refractivity contribution is 5.22. The van der Waals surface area contributed by atoms with Gasteiger partial charge < -0.3 is 9.84 Å². The van der Waals surface area contributed by atoms with Crippen molar-refractivity contribution >= 4 is 0 Å². The van der Waals surface area contributed by atoms with E-state index in [0.717, 1.165) is 38.5 Å². The number of hydrogen-bond donors (Lipinski definition) is 1. The molecular weight excluding hydrogens is 231 g/mol. The second kappa shape index (κ2) is 5.81. The van der Waals surface area contributed by atoms with Crippen molar-refractivity contribution in [3.63, 3.8) is 0 Å². The van der Waals surface area contributed by atoms with Gasteiger partial charge in [-0.2, -0.15) is 0 Å². The molecule has 1 aliphatic rings. The molecule has 0 aliphatic heterocycles. The summed E-state index contributed by atoms with van der Waals surface area (Å²) in [5, 5.41) is 10.5. The molecule has 18 heavy (non-hydrogen) atoms. The maximum Gasteiger partial charge on any atom is 0.129 e. The molecule has 100 valence electrons. The minimum absolute atomic E-state index is 0.348. The Balaban J connectivity index is 2.28. The van der Waals surface area contributed by atoms with Crippen molar-refractivity contribution in [3.8, 4) is 0 Å². The number of aliphatic hydroxyl groups excluding tert-OH is 1. The van der Waals surface area contributed by atoms with Crippen molar-refractivity contribution in [1.29, 1.82) is 0 Å². The highest BCUT2D eigenvalue weighted by atomic mass is 19.1. The molecule has 0 saturated heterocycles. The zero-order chi connectivity index (χ0) is 13.0. The highest BCUT2D eigenvalue weighted by Crippen LogP contribution is 2.40. The van der Waals surface area contributed by atoms with E-state index >= 15 is 0 Å². The minimum atomic E-state index is -0.887. The fourth-order valence-electron chi connectivity index (χ4n) is 2.90. The minimum Gasteiger partial charge on any atom is -0.385 e. The molecule has 1 aromatic rings. The van der Waals surface area contributed by atoms with E-state index in [2.05, 4.69) is 0 Å². The van der Waals surface area contributed by atoms with Crippen LogP contribution in [0.3, 0.4) is 0 Å². The molecule has 1 unspecified atom stereocenters. The number of hydrogen-bond acceptors (Lipinski definition) is 2. The standard InChI is InChI=1S/C15H21FO2/c1-18-15(10-6-2-3-7-11-15)14(17)12-8-4-5-9-13(12)16/h4-5,8-9,14,17H,2-3,6-7,10-11H2,1H3. The first-order valence-electron chi connectivity index (χ1n) is 6.67. The summed E-state index contributed by atoms with van der Waals surface area (Å²) >= 11 is 0. The first-order valence-corrected chi connectivity index (χ1v) is 6.67. The lowest BCUT2D eigenvalue weighted by Crippen LogP contribution is -2.38. The Morgan fingerprint density at radius 2 is 1.78 bits per heavy atom.